The maximum atomic E-state index is 2.56. The summed E-state index contributed by atoms with van der Waals surface area (Å²) in [5.74, 6) is 0. The molecule has 1 N–H and O–H groups in total. The fraction of sp³-hybridized carbons (Fsp3) is 0.304. The lowest BCUT2D eigenvalue weighted by atomic mass is 10.1. The van der Waals surface area contributed by atoms with E-state index < -0.39 is 0 Å². The van der Waals surface area contributed by atoms with Gasteiger partial charge in [0.05, 0.1) is 26.2 Å². The van der Waals surface area contributed by atoms with Crippen LogP contribution in [0.1, 0.15) is 16.7 Å². The number of piperazine rings is 1. The summed E-state index contributed by atoms with van der Waals surface area (Å²) in [6, 6.07) is 22.2. The molecule has 0 bridgehead atoms. The minimum Gasteiger partial charge on any atom is -0.360 e. The van der Waals surface area contributed by atoms with Gasteiger partial charge in [0, 0.05) is 11.3 Å². The maximum Gasteiger partial charge on any atom is 0.103 e. The Labute approximate surface area is 150 Å². The quantitative estimate of drug-likeness (QED) is 0.773. The van der Waals surface area contributed by atoms with Gasteiger partial charge >= 0.3 is 0 Å². The summed E-state index contributed by atoms with van der Waals surface area (Å²) in [5, 5.41) is 2.69. The fourth-order valence-electron chi connectivity index (χ4n) is 3.96. The second kappa shape index (κ2) is 6.89. The molecule has 2 nitrogen and oxygen atoms in total. The van der Waals surface area contributed by atoms with E-state index in [1.165, 1.54) is 46.2 Å². The average Bonchev–Trinajstić information content (AvgIpc) is 2.65. The van der Waals surface area contributed by atoms with E-state index in [-0.39, 0.29) is 0 Å². The van der Waals surface area contributed by atoms with Gasteiger partial charge in [0.15, 0.2) is 0 Å². The van der Waals surface area contributed by atoms with Crippen LogP contribution in [0.2, 0.25) is 0 Å². The number of hydrogen-bond acceptors (Lipinski definition) is 1. The summed E-state index contributed by atoms with van der Waals surface area (Å²) in [7, 11) is 0. The molecule has 1 saturated heterocycles. The van der Waals surface area contributed by atoms with E-state index in [4.69, 9.17) is 0 Å². The number of aryl methyl sites for hydroxylation is 1. The van der Waals surface area contributed by atoms with Crippen LogP contribution in [0.5, 0.6) is 0 Å². The van der Waals surface area contributed by atoms with Gasteiger partial charge in [-0.05, 0) is 47.9 Å². The van der Waals surface area contributed by atoms with Crippen LogP contribution in [-0.2, 0) is 6.54 Å². The third-order valence-corrected chi connectivity index (χ3v) is 5.66. The average molecular weight is 331 g/mol. The first-order chi connectivity index (χ1) is 12.2. The largest absolute Gasteiger partial charge is 0.360 e. The Hall–Kier alpha value is -2.32. The molecule has 0 saturated carbocycles. The van der Waals surface area contributed by atoms with Crippen molar-refractivity contribution in [2.45, 2.75) is 20.4 Å². The fourth-order valence-corrected chi connectivity index (χ4v) is 3.96. The second-order valence-electron chi connectivity index (χ2n) is 7.31. The van der Waals surface area contributed by atoms with E-state index in [0.717, 1.165) is 19.6 Å². The first-order valence-electron chi connectivity index (χ1n) is 9.33. The minimum atomic E-state index is 1.13. The zero-order valence-electron chi connectivity index (χ0n) is 15.3. The number of rotatable bonds is 3. The van der Waals surface area contributed by atoms with Crippen molar-refractivity contribution in [3.05, 3.63) is 77.4 Å². The smallest absolute Gasteiger partial charge is 0.103 e. The van der Waals surface area contributed by atoms with E-state index in [9.17, 15) is 0 Å². The Kier molecular flexibility index (Phi) is 4.46. The van der Waals surface area contributed by atoms with Gasteiger partial charge in [-0.15, -0.1) is 0 Å². The summed E-state index contributed by atoms with van der Waals surface area (Å²) in [6.07, 6.45) is 0. The van der Waals surface area contributed by atoms with Crippen molar-refractivity contribution in [1.82, 2.24) is 0 Å². The van der Waals surface area contributed by atoms with Crippen LogP contribution in [0.25, 0.3) is 10.8 Å². The van der Waals surface area contributed by atoms with Gasteiger partial charge in [-0.1, -0.05) is 48.5 Å². The van der Waals surface area contributed by atoms with Crippen LogP contribution in [-0.4, -0.2) is 26.2 Å². The van der Waals surface area contributed by atoms with Gasteiger partial charge in [0.25, 0.3) is 0 Å². The SMILES string of the molecule is Cc1cccc(N2CC[NH+](Cc3ccc4ccccc4c3)CC2)c1C. The first kappa shape index (κ1) is 16.2. The normalized spacial score (nSPS) is 15.7. The highest BCUT2D eigenvalue weighted by Crippen LogP contribution is 2.22. The summed E-state index contributed by atoms with van der Waals surface area (Å²) in [6.45, 7) is 10.3. The molecule has 3 aromatic carbocycles. The van der Waals surface area contributed by atoms with Crippen molar-refractivity contribution >= 4 is 16.5 Å². The van der Waals surface area contributed by atoms with Crippen LogP contribution in [0.3, 0.4) is 0 Å². The van der Waals surface area contributed by atoms with Crippen LogP contribution >= 0.6 is 0 Å². The summed E-state index contributed by atoms with van der Waals surface area (Å²) in [5.41, 5.74) is 5.70. The van der Waals surface area contributed by atoms with Crippen LogP contribution in [0.15, 0.2) is 60.7 Å². The Morgan fingerprint density at radius 2 is 1.60 bits per heavy atom. The molecule has 1 heterocycles. The molecule has 0 aliphatic carbocycles. The molecule has 3 aromatic rings. The molecule has 4 rings (SSSR count). The first-order valence-corrected chi connectivity index (χ1v) is 9.33. The highest BCUT2D eigenvalue weighted by molar-refractivity contribution is 5.82. The third kappa shape index (κ3) is 3.40. The van der Waals surface area contributed by atoms with Crippen molar-refractivity contribution in [3.8, 4) is 0 Å². The van der Waals surface area contributed by atoms with E-state index in [0.29, 0.717) is 0 Å². The third-order valence-electron chi connectivity index (χ3n) is 5.66. The van der Waals surface area contributed by atoms with Crippen molar-refractivity contribution in [1.29, 1.82) is 0 Å². The summed E-state index contributed by atoms with van der Waals surface area (Å²) in [4.78, 5) is 4.25. The Bertz CT molecular complexity index is 876. The molecular formula is C23H27N2+. The van der Waals surface area contributed by atoms with E-state index in [1.54, 1.807) is 4.90 Å². The number of fused-ring (bicyclic) bond motifs is 1. The number of quaternary nitrogens is 1. The molecule has 25 heavy (non-hydrogen) atoms. The topological polar surface area (TPSA) is 7.68 Å². The van der Waals surface area contributed by atoms with Crippen LogP contribution < -0.4 is 9.80 Å². The molecule has 0 radical (unpaired) electrons. The van der Waals surface area contributed by atoms with Crippen molar-refractivity contribution in [2.24, 2.45) is 0 Å². The van der Waals surface area contributed by atoms with Gasteiger partial charge in [0.1, 0.15) is 6.54 Å². The highest BCUT2D eigenvalue weighted by atomic mass is 15.3. The van der Waals surface area contributed by atoms with Gasteiger partial charge in [-0.3, -0.25) is 0 Å². The Morgan fingerprint density at radius 1 is 0.840 bits per heavy atom. The lowest BCUT2D eigenvalue weighted by Gasteiger charge is -2.34. The van der Waals surface area contributed by atoms with Crippen molar-refractivity contribution in [2.75, 3.05) is 31.1 Å². The number of benzene rings is 3. The van der Waals surface area contributed by atoms with Crippen molar-refractivity contribution < 1.29 is 4.90 Å². The predicted molar refractivity (Wildman–Crippen MR) is 106 cm³/mol. The molecule has 0 amide bonds. The molecule has 2 heteroatoms. The van der Waals surface area contributed by atoms with Gasteiger partial charge in [-0.25, -0.2) is 0 Å². The van der Waals surface area contributed by atoms with E-state index >= 15 is 0 Å². The molecule has 0 aromatic heterocycles. The molecule has 1 aliphatic rings. The van der Waals surface area contributed by atoms with Gasteiger partial charge in [-0.2, -0.15) is 0 Å². The molecule has 1 aliphatic heterocycles. The molecule has 1 fully saturated rings. The van der Waals surface area contributed by atoms with Crippen LogP contribution in [0.4, 0.5) is 5.69 Å². The van der Waals surface area contributed by atoms with Gasteiger partial charge in [0.2, 0.25) is 0 Å². The zero-order valence-corrected chi connectivity index (χ0v) is 15.3. The van der Waals surface area contributed by atoms with E-state index in [2.05, 4.69) is 79.4 Å². The number of hydrogen-bond donors (Lipinski definition) is 1. The van der Waals surface area contributed by atoms with E-state index in [1.807, 2.05) is 0 Å². The van der Waals surface area contributed by atoms with Crippen molar-refractivity contribution in [3.63, 3.8) is 0 Å². The molecular weight excluding hydrogens is 304 g/mol. The molecule has 0 atom stereocenters. The number of anilines is 1. The van der Waals surface area contributed by atoms with Crippen LogP contribution in [0, 0.1) is 13.8 Å². The maximum absolute atomic E-state index is 2.56. The highest BCUT2D eigenvalue weighted by Gasteiger charge is 2.21. The lowest BCUT2D eigenvalue weighted by Crippen LogP contribution is -3.13. The predicted octanol–water partition coefficient (Wildman–Crippen LogP) is 3.36. The molecule has 0 spiro atoms. The molecule has 0 unspecified atom stereocenters. The molecule has 128 valence electrons. The lowest BCUT2D eigenvalue weighted by molar-refractivity contribution is -0.914. The zero-order chi connectivity index (χ0) is 17.2. The monoisotopic (exact) mass is 331 g/mol. The minimum absolute atomic E-state index is 1.13. The standard InChI is InChI=1S/C23H26N2/c1-18-6-5-9-23(19(18)2)25-14-12-24(13-15-25)17-20-10-11-21-7-3-4-8-22(21)16-20/h3-11,16H,12-15,17H2,1-2H3/p+1. The number of nitrogens with zero attached hydrogens (tertiary/aromatic N) is 1. The van der Waals surface area contributed by atoms with Gasteiger partial charge < -0.3 is 9.80 Å². The summed E-state index contributed by atoms with van der Waals surface area (Å²) < 4.78 is 0. The second-order valence-corrected chi connectivity index (χ2v) is 7.31. The Balaban J connectivity index is 1.42. The summed E-state index contributed by atoms with van der Waals surface area (Å²) >= 11 is 0. The number of nitrogens with one attached hydrogen (secondary N) is 1. The Morgan fingerprint density at radius 3 is 2.40 bits per heavy atom.